The molecule has 0 bridgehead atoms. The normalized spacial score (nSPS) is 12.8. The first kappa shape index (κ1) is 23.8. The van der Waals surface area contributed by atoms with E-state index < -0.39 is 8.65 Å². The Morgan fingerprint density at radius 3 is 0.667 bits per heavy atom. The molecule has 1 nitrogen and oxygen atoms in total. The van der Waals surface area contributed by atoms with Gasteiger partial charge in [0.05, 0.1) is 0 Å². The number of rotatable bonds is 0. The van der Waals surface area contributed by atoms with Gasteiger partial charge in [0.2, 0.25) is 0 Å². The maximum Gasteiger partial charge on any atom is 0 e. The molecule has 0 amide bonds. The summed E-state index contributed by atoms with van der Waals surface area (Å²) in [5.41, 5.74) is 0. The van der Waals surface area contributed by atoms with Gasteiger partial charge in [-0.2, -0.15) is 0 Å². The Hall–Kier alpha value is 5.31. The molecule has 0 saturated carbocycles. The van der Waals surface area contributed by atoms with E-state index in [0.717, 1.165) is 0 Å². The largest absolute Gasteiger partial charge is 0 e. The van der Waals surface area contributed by atoms with Crippen LogP contribution in [0.5, 0.6) is 0 Å². The number of hydrogen-bond donors (Lipinski definition) is 0. The molecule has 0 atom stereocenters. The second-order valence-electron chi connectivity index (χ2n) is 0.505. The first-order valence-electron chi connectivity index (χ1n) is 0.668. The van der Waals surface area contributed by atoms with E-state index in [-0.39, 0.29) is 108 Å². The summed E-state index contributed by atoms with van der Waals surface area (Å²) in [5.74, 6) is 0. The maximum absolute atomic E-state index is 5.02. The van der Waals surface area contributed by atoms with Crippen LogP contribution in [0.25, 0.3) is 0 Å². The average molecular weight is 375 g/mol. The summed E-state index contributed by atoms with van der Waals surface area (Å²) >= 11 is 0. The van der Waals surface area contributed by atoms with Crippen LogP contribution in [0, 0.1) is 0 Å². The van der Waals surface area contributed by atoms with Crippen molar-refractivity contribution in [1.82, 2.24) is 0 Å². The minimum atomic E-state index is -4.11. The van der Waals surface area contributed by atoms with Crippen LogP contribution in [-0.2, 0) is 8.65 Å². The topological polar surface area (TPSA) is 31.5 Å². The Morgan fingerprint density at radius 2 is 0.667 bits per heavy atom. The molecule has 2 N–H and O–H groups in total. The average Bonchev–Trinajstić information content (AvgIpc) is 0.650. The molecule has 9 heavy (non-hydrogen) atoms. The molecule has 0 aliphatic carbocycles. The SMILES string of the molecule is O.[Cl][Ru]([Cl])([Cl])([Cl])[Cl].[K].[K]. The summed E-state index contributed by atoms with van der Waals surface area (Å²) < 4.78 is 0. The van der Waals surface area contributed by atoms with Crippen LogP contribution in [0.3, 0.4) is 0 Å². The van der Waals surface area contributed by atoms with Crippen molar-refractivity contribution in [2.75, 3.05) is 0 Å². The van der Waals surface area contributed by atoms with Crippen LogP contribution in [0.2, 0.25) is 0 Å². The third-order valence-electron chi connectivity index (χ3n) is 0. The van der Waals surface area contributed by atoms with E-state index in [1.54, 1.807) is 0 Å². The Morgan fingerprint density at radius 1 is 0.667 bits per heavy atom. The first-order chi connectivity index (χ1) is 2.24. The molecule has 0 rings (SSSR count). The number of halogens is 5. The molecule has 0 heterocycles. The molecule has 0 spiro atoms. The zero-order valence-electron chi connectivity index (χ0n) is 4.74. The van der Waals surface area contributed by atoms with E-state index in [4.69, 9.17) is 48.5 Å². The second kappa shape index (κ2) is 8.60. The van der Waals surface area contributed by atoms with Gasteiger partial charge in [-0.25, -0.2) is 0 Å². The summed E-state index contributed by atoms with van der Waals surface area (Å²) in [7, 11) is 21.0. The summed E-state index contributed by atoms with van der Waals surface area (Å²) in [5, 5.41) is 0. The Balaban J connectivity index is -0.0000000417. The van der Waals surface area contributed by atoms with Crippen LogP contribution in [-0.4, -0.2) is 108 Å². The molecule has 0 fully saturated rings. The molecule has 0 aliphatic rings. The minimum absolute atomic E-state index is 0. The van der Waals surface area contributed by atoms with Gasteiger partial charge in [-0.15, -0.1) is 0 Å². The fourth-order valence-corrected chi connectivity index (χ4v) is 0. The Bertz CT molecular complexity index is 48.1. The molecule has 0 saturated heterocycles. The minimum Gasteiger partial charge on any atom is 0 e. The van der Waals surface area contributed by atoms with Crippen molar-refractivity contribution in [1.29, 1.82) is 0 Å². The van der Waals surface area contributed by atoms with E-state index in [2.05, 4.69) is 0 Å². The predicted molar refractivity (Wildman–Crippen MR) is 44.4 cm³/mol. The molecule has 0 aromatic carbocycles. The van der Waals surface area contributed by atoms with Crippen LogP contribution < -0.4 is 0 Å². The van der Waals surface area contributed by atoms with Gasteiger partial charge in [0.15, 0.2) is 0 Å². The van der Waals surface area contributed by atoms with E-state index in [0.29, 0.717) is 0 Å². The molecule has 0 aliphatic heterocycles. The molecule has 0 aromatic rings. The van der Waals surface area contributed by atoms with E-state index in [9.17, 15) is 0 Å². The second-order valence-corrected chi connectivity index (χ2v) is 26.9. The smallest absolute Gasteiger partial charge is 0 e. The molecular weight excluding hydrogens is 373 g/mol. The van der Waals surface area contributed by atoms with Crippen molar-refractivity contribution in [3.8, 4) is 0 Å². The first-order valence-corrected chi connectivity index (χ1v) is 11.9. The van der Waals surface area contributed by atoms with Crippen molar-refractivity contribution in [2.24, 2.45) is 0 Å². The summed E-state index contributed by atoms with van der Waals surface area (Å²) in [4.78, 5) is 0. The summed E-state index contributed by atoms with van der Waals surface area (Å²) in [6, 6.07) is 0. The Labute approximate surface area is 160 Å². The molecule has 2 radical (unpaired) electrons. The van der Waals surface area contributed by atoms with Gasteiger partial charge in [-0.3, -0.25) is 0 Å². The van der Waals surface area contributed by atoms with Crippen molar-refractivity contribution < 1.29 is 14.1 Å². The van der Waals surface area contributed by atoms with Gasteiger partial charge in [-0.05, 0) is 0 Å². The van der Waals surface area contributed by atoms with Gasteiger partial charge >= 0.3 is 57.1 Å². The van der Waals surface area contributed by atoms with E-state index in [1.165, 1.54) is 0 Å². The predicted octanol–water partition coefficient (Wildman–Crippen LogP) is 1.86. The maximum atomic E-state index is 5.02. The van der Waals surface area contributed by atoms with Gasteiger partial charge in [-0.1, -0.05) is 0 Å². The summed E-state index contributed by atoms with van der Waals surface area (Å²) in [6.45, 7) is 0. The molecule has 0 aromatic heterocycles. The van der Waals surface area contributed by atoms with Crippen molar-refractivity contribution in [3.05, 3.63) is 0 Å². The van der Waals surface area contributed by atoms with Crippen LogP contribution in [0.15, 0.2) is 0 Å². The van der Waals surface area contributed by atoms with Gasteiger partial charge in [0, 0.05) is 103 Å². The fraction of sp³-hybridized carbons (Fsp3) is 0. The van der Waals surface area contributed by atoms with Crippen molar-refractivity contribution >= 4 is 151 Å². The zero-order chi connectivity index (χ0) is 5.45. The Kier molecular flexibility index (Phi) is 22.8. The molecule has 53 valence electrons. The quantitative estimate of drug-likeness (QED) is 0.580. The third kappa shape index (κ3) is 60.4. The van der Waals surface area contributed by atoms with E-state index in [1.807, 2.05) is 0 Å². The molecule has 9 heteroatoms. The van der Waals surface area contributed by atoms with Crippen LogP contribution >= 0.6 is 48.5 Å². The third-order valence-corrected chi connectivity index (χ3v) is 0. The van der Waals surface area contributed by atoms with Crippen molar-refractivity contribution in [3.63, 3.8) is 0 Å². The standard InChI is InChI=1S/5ClH.2K.H2O.Ru/h5*1H;;;1H2;/q;;;;;;;;+5/p-5. The number of hydrogen-bond acceptors (Lipinski definition) is 0. The fourth-order valence-electron chi connectivity index (χ4n) is 0. The molecular formula is H2Cl5K2ORu. The monoisotopic (exact) mass is 373 g/mol. The zero-order valence-corrected chi connectivity index (χ0v) is 16.5. The van der Waals surface area contributed by atoms with Crippen LogP contribution in [0.4, 0.5) is 0 Å². The van der Waals surface area contributed by atoms with Crippen LogP contribution in [0.1, 0.15) is 0 Å². The summed E-state index contributed by atoms with van der Waals surface area (Å²) in [6.07, 6.45) is 0. The molecule has 0 unspecified atom stereocenters. The van der Waals surface area contributed by atoms with Gasteiger partial charge < -0.3 is 5.48 Å². The van der Waals surface area contributed by atoms with Crippen molar-refractivity contribution in [2.45, 2.75) is 0 Å². The van der Waals surface area contributed by atoms with Gasteiger partial charge in [0.1, 0.15) is 0 Å². The van der Waals surface area contributed by atoms with E-state index >= 15 is 0 Å². The van der Waals surface area contributed by atoms with Gasteiger partial charge in [0.25, 0.3) is 0 Å².